The first-order valence-electron chi connectivity index (χ1n) is 7.34. The lowest BCUT2D eigenvalue weighted by Crippen LogP contribution is -2.58. The number of imide groups is 2. The summed E-state index contributed by atoms with van der Waals surface area (Å²) in [6.07, 6.45) is 0. The van der Waals surface area contributed by atoms with Crippen molar-refractivity contribution in [3.63, 3.8) is 0 Å². The smallest absolute Gasteiger partial charge is 0.328 e. The number of fused-ring (bicyclic) bond motifs is 2. The Morgan fingerprint density at radius 3 is 2.31 bits per heavy atom. The molecule has 0 spiro atoms. The van der Waals surface area contributed by atoms with E-state index in [1.54, 1.807) is 0 Å². The van der Waals surface area contributed by atoms with Crippen molar-refractivity contribution in [2.24, 2.45) is 5.92 Å². The van der Waals surface area contributed by atoms with Crippen molar-refractivity contribution in [2.45, 2.75) is 5.92 Å². The largest absolute Gasteiger partial charge is 0.440 e. The molecule has 1 atom stereocenters. The predicted octanol–water partition coefficient (Wildman–Crippen LogP) is -0.0636. The van der Waals surface area contributed by atoms with Gasteiger partial charge in [-0.05, 0) is 18.2 Å². The zero-order valence-electron chi connectivity index (χ0n) is 12.7. The van der Waals surface area contributed by atoms with Crippen molar-refractivity contribution in [3.8, 4) is 11.6 Å². The van der Waals surface area contributed by atoms with Crippen molar-refractivity contribution < 1.29 is 19.1 Å². The number of urea groups is 1. The molecule has 1 fully saturated rings. The van der Waals surface area contributed by atoms with Crippen molar-refractivity contribution in [1.82, 2.24) is 20.6 Å². The number of barbiturate groups is 1. The normalized spacial score (nSPS) is 19.1. The fraction of sp³-hybridized carbons (Fsp3) is 0.133. The highest BCUT2D eigenvalue weighted by atomic mass is 35.5. The van der Waals surface area contributed by atoms with E-state index in [0.29, 0.717) is 5.56 Å². The molecule has 132 valence electrons. The zero-order chi connectivity index (χ0) is 18.6. The fourth-order valence-corrected chi connectivity index (χ4v) is 3.32. The van der Waals surface area contributed by atoms with E-state index in [-0.39, 0.29) is 22.2 Å². The van der Waals surface area contributed by atoms with Gasteiger partial charge in [0.05, 0.1) is 5.56 Å². The highest BCUT2D eigenvalue weighted by molar-refractivity contribution is 6.30. The number of nitrogens with one attached hydrogen (secondary N) is 4. The third-order valence-electron chi connectivity index (χ3n) is 4.15. The SMILES string of the molecule is O=C1NC(=O)C(C2c3cc(Cl)ccc3Oc3[nH]c(=O)[nH]c(=O)c32)C(=O)N1. The van der Waals surface area contributed by atoms with Crippen molar-refractivity contribution in [3.05, 3.63) is 55.2 Å². The van der Waals surface area contributed by atoms with Crippen LogP contribution in [0.25, 0.3) is 0 Å². The molecular weight excluding hydrogens is 368 g/mol. The van der Waals surface area contributed by atoms with Crippen LogP contribution in [-0.2, 0) is 9.59 Å². The monoisotopic (exact) mass is 376 g/mol. The summed E-state index contributed by atoms with van der Waals surface area (Å²) >= 11 is 6.01. The Balaban J connectivity index is 1.99. The molecule has 0 bridgehead atoms. The lowest BCUT2D eigenvalue weighted by atomic mass is 9.78. The average molecular weight is 377 g/mol. The molecule has 26 heavy (non-hydrogen) atoms. The molecular formula is C15H9ClN4O6. The molecule has 3 heterocycles. The molecule has 0 saturated carbocycles. The number of H-pyrrole nitrogens is 2. The van der Waals surface area contributed by atoms with Gasteiger partial charge in [0.25, 0.3) is 5.56 Å². The summed E-state index contributed by atoms with van der Waals surface area (Å²) in [7, 11) is 0. The molecule has 1 aromatic heterocycles. The zero-order valence-corrected chi connectivity index (χ0v) is 13.5. The Bertz CT molecular complexity index is 1080. The number of amides is 4. The summed E-state index contributed by atoms with van der Waals surface area (Å²) in [5, 5.41) is 4.28. The molecule has 4 rings (SSSR count). The van der Waals surface area contributed by atoms with Gasteiger partial charge in [-0.1, -0.05) is 11.6 Å². The van der Waals surface area contributed by atoms with Gasteiger partial charge in [0, 0.05) is 16.5 Å². The number of aromatic nitrogens is 2. The van der Waals surface area contributed by atoms with E-state index in [4.69, 9.17) is 16.3 Å². The quantitative estimate of drug-likeness (QED) is 0.512. The Labute approximate surface area is 148 Å². The van der Waals surface area contributed by atoms with Crippen LogP contribution < -0.4 is 26.6 Å². The maximum Gasteiger partial charge on any atom is 0.328 e. The Kier molecular flexibility index (Phi) is 3.44. The number of aromatic amines is 2. The summed E-state index contributed by atoms with van der Waals surface area (Å²) in [6.45, 7) is 0. The van der Waals surface area contributed by atoms with Crippen LogP contribution in [0.2, 0.25) is 5.02 Å². The standard InChI is InChI=1S/C15H9ClN4O6/c16-4-1-2-6-5(3-4)7(8-10(21)17-14(24)18-11(8)22)9-12(23)19-15(25)20-13(9)26-6/h1-3,7-8H,(H2,19,20,23,25)(H2,17,18,21,22,24). The molecule has 0 radical (unpaired) electrons. The van der Waals surface area contributed by atoms with Crippen LogP contribution in [0.3, 0.4) is 0 Å². The topological polar surface area (TPSA) is 150 Å². The van der Waals surface area contributed by atoms with Gasteiger partial charge >= 0.3 is 11.7 Å². The van der Waals surface area contributed by atoms with Crippen LogP contribution in [0.5, 0.6) is 11.6 Å². The second kappa shape index (κ2) is 5.56. The van der Waals surface area contributed by atoms with E-state index < -0.39 is 40.9 Å². The van der Waals surface area contributed by atoms with Gasteiger partial charge in [-0.3, -0.25) is 35.0 Å². The van der Waals surface area contributed by atoms with Crippen LogP contribution in [-0.4, -0.2) is 27.8 Å². The molecule has 1 unspecified atom stereocenters. The predicted molar refractivity (Wildman–Crippen MR) is 86.2 cm³/mol. The van der Waals surface area contributed by atoms with Crippen LogP contribution in [0.4, 0.5) is 4.79 Å². The molecule has 2 aromatic rings. The van der Waals surface area contributed by atoms with E-state index in [2.05, 4.69) is 4.98 Å². The van der Waals surface area contributed by atoms with Crippen LogP contribution >= 0.6 is 11.6 Å². The third-order valence-corrected chi connectivity index (χ3v) is 4.38. The number of carbonyl (C=O) groups is 3. The average Bonchev–Trinajstić information content (AvgIpc) is 2.53. The second-order valence-corrected chi connectivity index (χ2v) is 6.13. The van der Waals surface area contributed by atoms with Gasteiger partial charge in [0.1, 0.15) is 11.7 Å². The van der Waals surface area contributed by atoms with Gasteiger partial charge in [-0.25, -0.2) is 9.59 Å². The van der Waals surface area contributed by atoms with E-state index in [1.165, 1.54) is 18.2 Å². The number of rotatable bonds is 1. The first-order valence-corrected chi connectivity index (χ1v) is 7.72. The highest BCUT2D eigenvalue weighted by Crippen LogP contribution is 2.46. The van der Waals surface area contributed by atoms with Crippen molar-refractivity contribution in [1.29, 1.82) is 0 Å². The lowest BCUT2D eigenvalue weighted by Gasteiger charge is -2.32. The number of ether oxygens (including phenoxy) is 1. The minimum Gasteiger partial charge on any atom is -0.440 e. The van der Waals surface area contributed by atoms with Crippen LogP contribution in [0.1, 0.15) is 17.0 Å². The Hall–Kier alpha value is -3.40. The number of hydrogen-bond donors (Lipinski definition) is 4. The third kappa shape index (κ3) is 2.39. The van der Waals surface area contributed by atoms with Crippen molar-refractivity contribution >= 4 is 29.4 Å². The van der Waals surface area contributed by atoms with E-state index >= 15 is 0 Å². The molecule has 2 aliphatic heterocycles. The van der Waals surface area contributed by atoms with E-state index in [1.807, 2.05) is 15.6 Å². The first-order chi connectivity index (χ1) is 12.3. The van der Waals surface area contributed by atoms with E-state index in [9.17, 15) is 24.0 Å². The van der Waals surface area contributed by atoms with Gasteiger partial charge in [0.2, 0.25) is 17.7 Å². The molecule has 2 aliphatic rings. The number of carbonyl (C=O) groups excluding carboxylic acids is 3. The Morgan fingerprint density at radius 1 is 0.923 bits per heavy atom. The van der Waals surface area contributed by atoms with Crippen LogP contribution in [0.15, 0.2) is 27.8 Å². The van der Waals surface area contributed by atoms with Gasteiger partial charge in [-0.2, -0.15) is 0 Å². The van der Waals surface area contributed by atoms with Gasteiger partial charge in [0.15, 0.2) is 0 Å². The maximum atomic E-state index is 12.4. The molecule has 0 aliphatic carbocycles. The maximum absolute atomic E-state index is 12.4. The molecule has 1 aromatic carbocycles. The number of benzene rings is 1. The first kappa shape index (κ1) is 16.1. The summed E-state index contributed by atoms with van der Waals surface area (Å²) in [5.41, 5.74) is -1.45. The minimum absolute atomic E-state index is 0.121. The van der Waals surface area contributed by atoms with E-state index in [0.717, 1.165) is 0 Å². The van der Waals surface area contributed by atoms with Gasteiger partial charge in [-0.15, -0.1) is 0 Å². The summed E-state index contributed by atoms with van der Waals surface area (Å²) in [5.74, 6) is -4.30. The van der Waals surface area contributed by atoms with Crippen LogP contribution in [0, 0.1) is 5.92 Å². The second-order valence-electron chi connectivity index (χ2n) is 5.70. The Morgan fingerprint density at radius 2 is 1.62 bits per heavy atom. The minimum atomic E-state index is -1.44. The fourth-order valence-electron chi connectivity index (χ4n) is 3.14. The molecule has 1 saturated heterocycles. The molecule has 4 amide bonds. The lowest BCUT2D eigenvalue weighted by molar-refractivity contribution is -0.136. The molecule has 4 N–H and O–H groups in total. The van der Waals surface area contributed by atoms with Crippen molar-refractivity contribution in [2.75, 3.05) is 0 Å². The summed E-state index contributed by atoms with van der Waals surface area (Å²) in [4.78, 5) is 64.4. The highest BCUT2D eigenvalue weighted by Gasteiger charge is 2.46. The number of halogens is 1. The number of hydrogen-bond acceptors (Lipinski definition) is 6. The summed E-state index contributed by atoms with van der Waals surface area (Å²) < 4.78 is 5.54. The molecule has 11 heteroatoms. The van der Waals surface area contributed by atoms with Gasteiger partial charge < -0.3 is 4.74 Å². The molecule has 10 nitrogen and oxygen atoms in total. The summed E-state index contributed by atoms with van der Waals surface area (Å²) in [6, 6.07) is 3.49.